The third-order valence-corrected chi connectivity index (χ3v) is 5.49. The smallest absolute Gasteiger partial charge is 0.0504 e. The number of aromatic nitrogens is 1. The van der Waals surface area contributed by atoms with Gasteiger partial charge >= 0.3 is 0 Å². The van der Waals surface area contributed by atoms with E-state index in [4.69, 9.17) is 0 Å². The monoisotopic (exact) mass is 288 g/mol. The number of thioether (sulfide) groups is 1. The molecule has 1 aliphatic heterocycles. The van der Waals surface area contributed by atoms with Crippen LogP contribution in [0.25, 0.3) is 10.9 Å². The first kappa shape index (κ1) is 14.0. The SMILES string of the molecule is Cc1cc(CNC2CCSCC2)c2[nH]c(C)c(C)c2c1. The Morgan fingerprint density at radius 1 is 1.20 bits per heavy atom. The number of nitrogens with one attached hydrogen (secondary N) is 2. The van der Waals surface area contributed by atoms with Gasteiger partial charge in [0.05, 0.1) is 5.52 Å². The fourth-order valence-corrected chi connectivity index (χ4v) is 4.19. The normalized spacial score (nSPS) is 16.9. The molecule has 1 saturated heterocycles. The molecule has 108 valence electrons. The van der Waals surface area contributed by atoms with Gasteiger partial charge in [-0.05, 0) is 62.3 Å². The number of rotatable bonds is 3. The van der Waals surface area contributed by atoms with Gasteiger partial charge in [-0.1, -0.05) is 11.6 Å². The first-order valence-corrected chi connectivity index (χ1v) is 8.70. The second kappa shape index (κ2) is 5.82. The zero-order chi connectivity index (χ0) is 14.1. The Bertz CT molecular complexity index is 609. The van der Waals surface area contributed by atoms with Gasteiger partial charge in [0.1, 0.15) is 0 Å². The number of hydrogen-bond donors (Lipinski definition) is 2. The molecule has 1 aliphatic rings. The first-order chi connectivity index (χ1) is 9.65. The minimum absolute atomic E-state index is 0.698. The predicted octanol–water partition coefficient (Wildman–Crippen LogP) is 4.08. The Balaban J connectivity index is 1.84. The van der Waals surface area contributed by atoms with E-state index in [-0.39, 0.29) is 0 Å². The van der Waals surface area contributed by atoms with Crippen molar-refractivity contribution in [3.63, 3.8) is 0 Å². The molecule has 0 spiro atoms. The predicted molar refractivity (Wildman–Crippen MR) is 89.7 cm³/mol. The summed E-state index contributed by atoms with van der Waals surface area (Å²) in [6.07, 6.45) is 2.62. The van der Waals surface area contributed by atoms with Gasteiger partial charge in [-0.15, -0.1) is 0 Å². The van der Waals surface area contributed by atoms with Crippen LogP contribution in [0.5, 0.6) is 0 Å². The Morgan fingerprint density at radius 2 is 1.95 bits per heavy atom. The highest BCUT2D eigenvalue weighted by molar-refractivity contribution is 7.99. The second-order valence-electron chi connectivity index (χ2n) is 5.99. The average molecular weight is 288 g/mol. The highest BCUT2D eigenvalue weighted by Crippen LogP contribution is 2.26. The van der Waals surface area contributed by atoms with Gasteiger partial charge in [0.2, 0.25) is 0 Å². The molecule has 2 heterocycles. The molecular formula is C17H24N2S. The fourth-order valence-electron chi connectivity index (χ4n) is 3.08. The maximum atomic E-state index is 3.75. The molecule has 3 heteroatoms. The van der Waals surface area contributed by atoms with Crippen molar-refractivity contribution in [1.82, 2.24) is 10.3 Å². The molecule has 3 rings (SSSR count). The van der Waals surface area contributed by atoms with Crippen LogP contribution in [0.1, 0.15) is 35.2 Å². The van der Waals surface area contributed by atoms with Crippen molar-refractivity contribution < 1.29 is 0 Å². The van der Waals surface area contributed by atoms with Gasteiger partial charge in [-0.3, -0.25) is 0 Å². The minimum Gasteiger partial charge on any atom is -0.358 e. The van der Waals surface area contributed by atoms with Crippen LogP contribution in [0, 0.1) is 20.8 Å². The molecule has 0 amide bonds. The number of H-pyrrole nitrogens is 1. The van der Waals surface area contributed by atoms with Crippen LogP contribution in [0.3, 0.4) is 0 Å². The number of benzene rings is 1. The summed E-state index contributed by atoms with van der Waals surface area (Å²) in [6, 6.07) is 5.32. The molecule has 0 atom stereocenters. The van der Waals surface area contributed by atoms with Crippen LogP contribution >= 0.6 is 11.8 Å². The summed E-state index contributed by atoms with van der Waals surface area (Å²) in [5.41, 5.74) is 6.77. The Labute approximate surface area is 125 Å². The zero-order valence-corrected chi connectivity index (χ0v) is 13.5. The highest BCUT2D eigenvalue weighted by Gasteiger charge is 2.14. The summed E-state index contributed by atoms with van der Waals surface area (Å²) in [5.74, 6) is 2.61. The van der Waals surface area contributed by atoms with Gasteiger partial charge in [0.25, 0.3) is 0 Å². The van der Waals surface area contributed by atoms with Crippen molar-refractivity contribution in [2.24, 2.45) is 0 Å². The van der Waals surface area contributed by atoms with Crippen molar-refractivity contribution in [2.45, 2.75) is 46.2 Å². The lowest BCUT2D eigenvalue weighted by Crippen LogP contribution is -2.32. The molecule has 0 radical (unpaired) electrons. The van der Waals surface area contributed by atoms with Gasteiger partial charge < -0.3 is 10.3 Å². The maximum Gasteiger partial charge on any atom is 0.0504 e. The van der Waals surface area contributed by atoms with Gasteiger partial charge in [0, 0.05) is 23.7 Å². The van der Waals surface area contributed by atoms with Crippen molar-refractivity contribution in [2.75, 3.05) is 11.5 Å². The van der Waals surface area contributed by atoms with Gasteiger partial charge in [0.15, 0.2) is 0 Å². The molecule has 1 fully saturated rings. The van der Waals surface area contributed by atoms with Gasteiger partial charge in [-0.25, -0.2) is 0 Å². The minimum atomic E-state index is 0.698. The Morgan fingerprint density at radius 3 is 2.70 bits per heavy atom. The topological polar surface area (TPSA) is 27.8 Å². The van der Waals surface area contributed by atoms with E-state index in [9.17, 15) is 0 Å². The Kier molecular flexibility index (Phi) is 4.08. The van der Waals surface area contributed by atoms with E-state index in [0.29, 0.717) is 6.04 Å². The summed E-state index contributed by atoms with van der Waals surface area (Å²) in [4.78, 5) is 3.57. The summed E-state index contributed by atoms with van der Waals surface area (Å²) >= 11 is 2.08. The van der Waals surface area contributed by atoms with Crippen LogP contribution < -0.4 is 5.32 Å². The molecule has 1 aromatic heterocycles. The van der Waals surface area contributed by atoms with E-state index >= 15 is 0 Å². The van der Waals surface area contributed by atoms with Gasteiger partial charge in [-0.2, -0.15) is 11.8 Å². The molecule has 0 unspecified atom stereocenters. The van der Waals surface area contributed by atoms with Crippen LogP contribution in [-0.2, 0) is 6.54 Å². The van der Waals surface area contributed by atoms with E-state index in [1.807, 2.05) is 0 Å². The summed E-state index contributed by atoms with van der Waals surface area (Å²) in [5, 5.41) is 5.14. The molecule has 20 heavy (non-hydrogen) atoms. The molecule has 0 saturated carbocycles. The molecule has 2 N–H and O–H groups in total. The van der Waals surface area contributed by atoms with E-state index in [1.54, 1.807) is 0 Å². The van der Waals surface area contributed by atoms with Crippen molar-refractivity contribution in [3.05, 3.63) is 34.5 Å². The van der Waals surface area contributed by atoms with Crippen molar-refractivity contribution in [1.29, 1.82) is 0 Å². The van der Waals surface area contributed by atoms with E-state index in [0.717, 1.165) is 6.54 Å². The van der Waals surface area contributed by atoms with Crippen molar-refractivity contribution in [3.8, 4) is 0 Å². The standard InChI is InChI=1S/C17H24N2S/c1-11-8-14(10-18-15-4-6-20-7-5-15)17-16(9-11)12(2)13(3)19-17/h8-9,15,18-19H,4-7,10H2,1-3H3. The molecule has 0 bridgehead atoms. The number of fused-ring (bicyclic) bond motifs is 1. The molecular weight excluding hydrogens is 264 g/mol. The summed E-state index contributed by atoms with van der Waals surface area (Å²) in [6.45, 7) is 7.55. The number of aryl methyl sites for hydroxylation is 3. The lowest BCUT2D eigenvalue weighted by molar-refractivity contribution is 0.483. The van der Waals surface area contributed by atoms with Crippen LogP contribution in [-0.4, -0.2) is 22.5 Å². The average Bonchev–Trinajstić information content (AvgIpc) is 2.74. The third-order valence-electron chi connectivity index (χ3n) is 4.45. The quantitative estimate of drug-likeness (QED) is 0.890. The fraction of sp³-hybridized carbons (Fsp3) is 0.529. The lowest BCUT2D eigenvalue weighted by atomic mass is 10.0. The van der Waals surface area contributed by atoms with Crippen LogP contribution in [0.4, 0.5) is 0 Å². The summed E-state index contributed by atoms with van der Waals surface area (Å²) < 4.78 is 0. The molecule has 0 aliphatic carbocycles. The van der Waals surface area contributed by atoms with E-state index < -0.39 is 0 Å². The molecule has 2 nitrogen and oxygen atoms in total. The molecule has 1 aromatic carbocycles. The third kappa shape index (κ3) is 2.75. The molecule has 2 aromatic rings. The number of hydrogen-bond acceptors (Lipinski definition) is 2. The van der Waals surface area contributed by atoms with Crippen LogP contribution in [0.15, 0.2) is 12.1 Å². The second-order valence-corrected chi connectivity index (χ2v) is 7.21. The number of aromatic amines is 1. The first-order valence-electron chi connectivity index (χ1n) is 7.54. The lowest BCUT2D eigenvalue weighted by Gasteiger charge is -2.23. The Hall–Kier alpha value is -0.930. The maximum absolute atomic E-state index is 3.75. The van der Waals surface area contributed by atoms with E-state index in [1.165, 1.54) is 57.6 Å². The van der Waals surface area contributed by atoms with Crippen molar-refractivity contribution >= 4 is 22.7 Å². The largest absolute Gasteiger partial charge is 0.358 e. The van der Waals surface area contributed by atoms with E-state index in [2.05, 4.69) is 55.0 Å². The summed E-state index contributed by atoms with van der Waals surface area (Å²) in [7, 11) is 0. The van der Waals surface area contributed by atoms with Crippen LogP contribution in [0.2, 0.25) is 0 Å². The zero-order valence-electron chi connectivity index (χ0n) is 12.7. The highest BCUT2D eigenvalue weighted by atomic mass is 32.2.